The Kier molecular flexibility index (Phi) is 3.70. The molecule has 2 aromatic rings. The maximum atomic E-state index is 12.8. The average Bonchev–Trinajstić information content (AvgIpc) is 2.82. The van der Waals surface area contributed by atoms with E-state index < -0.39 is 17.3 Å². The number of benzene rings is 2. The van der Waals surface area contributed by atoms with Crippen molar-refractivity contribution in [2.45, 2.75) is 13.8 Å². The number of esters is 1. The second-order valence-electron chi connectivity index (χ2n) is 5.47. The zero-order valence-electron chi connectivity index (χ0n) is 12.9. The van der Waals surface area contributed by atoms with Crippen LogP contribution in [0.3, 0.4) is 0 Å². The first-order chi connectivity index (χ1) is 11.0. The number of hydrogen-bond acceptors (Lipinski definition) is 4. The van der Waals surface area contributed by atoms with Crippen molar-refractivity contribution in [2.24, 2.45) is 10.5 Å². The van der Waals surface area contributed by atoms with E-state index in [2.05, 4.69) is 5.10 Å². The fourth-order valence-corrected chi connectivity index (χ4v) is 2.34. The van der Waals surface area contributed by atoms with Crippen molar-refractivity contribution in [3.8, 4) is 5.75 Å². The second kappa shape index (κ2) is 5.68. The molecule has 1 unspecified atom stereocenters. The minimum atomic E-state index is -1.42. The molecular weight excluding hydrogens is 292 g/mol. The van der Waals surface area contributed by atoms with Crippen LogP contribution in [-0.4, -0.2) is 17.6 Å². The van der Waals surface area contributed by atoms with Gasteiger partial charge in [-0.2, -0.15) is 10.1 Å². The lowest BCUT2D eigenvalue weighted by Gasteiger charge is -2.21. The highest BCUT2D eigenvalue weighted by molar-refractivity contribution is 6.29. The molecule has 3 rings (SSSR count). The molecule has 0 bridgehead atoms. The molecule has 0 N–H and O–H groups in total. The number of rotatable bonds is 3. The zero-order valence-corrected chi connectivity index (χ0v) is 12.9. The molecule has 5 nitrogen and oxygen atoms in total. The Balaban J connectivity index is 1.88. The first kappa shape index (κ1) is 15.0. The van der Waals surface area contributed by atoms with Gasteiger partial charge >= 0.3 is 5.97 Å². The van der Waals surface area contributed by atoms with Gasteiger partial charge in [0, 0.05) is 0 Å². The third-order valence-corrected chi connectivity index (χ3v) is 3.96. The van der Waals surface area contributed by atoms with Gasteiger partial charge in [-0.05, 0) is 38.1 Å². The topological polar surface area (TPSA) is 59.0 Å². The molecule has 0 aromatic heterocycles. The lowest BCUT2D eigenvalue weighted by atomic mass is 9.85. The molecule has 1 amide bonds. The number of amides is 1. The summed E-state index contributed by atoms with van der Waals surface area (Å²) in [5.74, 6) is -0.645. The van der Waals surface area contributed by atoms with Gasteiger partial charge in [0.2, 0.25) is 0 Å². The van der Waals surface area contributed by atoms with Crippen molar-refractivity contribution in [1.82, 2.24) is 0 Å². The highest BCUT2D eigenvalue weighted by Crippen LogP contribution is 2.34. The van der Waals surface area contributed by atoms with Crippen LogP contribution in [0.25, 0.3) is 0 Å². The molecule has 116 valence electrons. The lowest BCUT2D eigenvalue weighted by molar-refractivity contribution is -0.146. The largest absolute Gasteiger partial charge is 0.425 e. The van der Waals surface area contributed by atoms with E-state index in [0.717, 1.165) is 0 Å². The Morgan fingerprint density at radius 2 is 1.61 bits per heavy atom. The van der Waals surface area contributed by atoms with E-state index in [1.54, 1.807) is 50.2 Å². The number of para-hydroxylation sites is 2. The molecule has 0 fully saturated rings. The highest BCUT2D eigenvalue weighted by atomic mass is 16.5. The van der Waals surface area contributed by atoms with Gasteiger partial charge < -0.3 is 4.74 Å². The molecule has 1 atom stereocenters. The molecule has 1 aliphatic rings. The molecule has 1 heterocycles. The van der Waals surface area contributed by atoms with Crippen LogP contribution < -0.4 is 9.75 Å². The molecule has 0 saturated heterocycles. The molecule has 0 radical (unpaired) electrons. The summed E-state index contributed by atoms with van der Waals surface area (Å²) < 4.78 is 5.36. The van der Waals surface area contributed by atoms with Gasteiger partial charge in [-0.3, -0.25) is 9.59 Å². The minimum Gasteiger partial charge on any atom is -0.425 e. The zero-order chi connectivity index (χ0) is 16.4. The lowest BCUT2D eigenvalue weighted by Crippen LogP contribution is -2.45. The number of ether oxygens (including phenoxy) is 1. The number of carbonyl (C=O) groups is 2. The Morgan fingerprint density at radius 3 is 2.22 bits per heavy atom. The van der Waals surface area contributed by atoms with Gasteiger partial charge in [0.05, 0.1) is 11.4 Å². The molecule has 0 saturated carbocycles. The van der Waals surface area contributed by atoms with E-state index in [0.29, 0.717) is 17.1 Å². The van der Waals surface area contributed by atoms with Crippen LogP contribution in [0, 0.1) is 5.41 Å². The summed E-state index contributed by atoms with van der Waals surface area (Å²) in [5.41, 5.74) is -0.397. The summed E-state index contributed by atoms with van der Waals surface area (Å²) in [5, 5.41) is 5.51. The fourth-order valence-electron chi connectivity index (χ4n) is 2.34. The summed E-state index contributed by atoms with van der Waals surface area (Å²) in [6, 6.07) is 17.7. The summed E-state index contributed by atoms with van der Waals surface area (Å²) >= 11 is 0. The SMILES string of the molecule is CC1=NN(c2ccccc2)C(=O)C1(C)C(=O)Oc1ccccc1. The first-order valence-corrected chi connectivity index (χ1v) is 7.26. The summed E-state index contributed by atoms with van der Waals surface area (Å²) in [4.78, 5) is 25.4. The van der Waals surface area contributed by atoms with Crippen molar-refractivity contribution in [3.05, 3.63) is 60.7 Å². The van der Waals surface area contributed by atoms with Crippen LogP contribution >= 0.6 is 0 Å². The predicted molar refractivity (Wildman–Crippen MR) is 87.2 cm³/mol. The third-order valence-electron chi connectivity index (χ3n) is 3.96. The number of hydrogen-bond donors (Lipinski definition) is 0. The van der Waals surface area contributed by atoms with Crippen LogP contribution in [0.15, 0.2) is 65.8 Å². The van der Waals surface area contributed by atoms with Crippen molar-refractivity contribution in [3.63, 3.8) is 0 Å². The molecule has 5 heteroatoms. The monoisotopic (exact) mass is 308 g/mol. The molecule has 23 heavy (non-hydrogen) atoms. The van der Waals surface area contributed by atoms with Crippen LogP contribution in [0.2, 0.25) is 0 Å². The van der Waals surface area contributed by atoms with Gasteiger partial charge in [-0.1, -0.05) is 36.4 Å². The Labute approximate surface area is 134 Å². The number of nitrogens with zero attached hydrogens (tertiary/aromatic N) is 2. The standard InChI is InChI=1S/C18H16N2O3/c1-13-18(2,17(22)23-15-11-7-4-8-12-15)16(21)20(19-13)14-9-5-3-6-10-14/h3-12H,1-2H3. The van der Waals surface area contributed by atoms with Crippen LogP contribution in [0.5, 0.6) is 5.75 Å². The number of hydrazone groups is 1. The van der Waals surface area contributed by atoms with E-state index in [4.69, 9.17) is 4.74 Å². The second-order valence-corrected chi connectivity index (χ2v) is 5.47. The van der Waals surface area contributed by atoms with Crippen LogP contribution in [0.1, 0.15) is 13.8 Å². The van der Waals surface area contributed by atoms with E-state index in [9.17, 15) is 9.59 Å². The highest BCUT2D eigenvalue weighted by Gasteiger charge is 2.53. The van der Waals surface area contributed by atoms with Crippen molar-refractivity contribution >= 4 is 23.3 Å². The van der Waals surface area contributed by atoms with E-state index in [-0.39, 0.29) is 0 Å². The summed E-state index contributed by atoms with van der Waals surface area (Å²) in [6.07, 6.45) is 0. The Hall–Kier alpha value is -2.95. The molecular formula is C18H16N2O3. The van der Waals surface area contributed by atoms with Crippen molar-refractivity contribution in [2.75, 3.05) is 5.01 Å². The van der Waals surface area contributed by atoms with E-state index >= 15 is 0 Å². The smallest absolute Gasteiger partial charge is 0.332 e. The van der Waals surface area contributed by atoms with Gasteiger partial charge in [0.1, 0.15) is 5.75 Å². The van der Waals surface area contributed by atoms with Gasteiger partial charge in [0.25, 0.3) is 5.91 Å². The van der Waals surface area contributed by atoms with E-state index in [1.165, 1.54) is 5.01 Å². The maximum Gasteiger partial charge on any atom is 0.332 e. The fraction of sp³-hybridized carbons (Fsp3) is 0.167. The van der Waals surface area contributed by atoms with Crippen LogP contribution in [-0.2, 0) is 9.59 Å². The van der Waals surface area contributed by atoms with Gasteiger partial charge in [-0.25, -0.2) is 0 Å². The Morgan fingerprint density at radius 1 is 1.04 bits per heavy atom. The first-order valence-electron chi connectivity index (χ1n) is 7.26. The average molecular weight is 308 g/mol. The quantitative estimate of drug-likeness (QED) is 0.497. The van der Waals surface area contributed by atoms with E-state index in [1.807, 2.05) is 24.3 Å². The predicted octanol–water partition coefficient (Wildman–Crippen LogP) is 3.02. The van der Waals surface area contributed by atoms with Crippen molar-refractivity contribution < 1.29 is 14.3 Å². The normalized spacial score (nSPS) is 20.3. The Bertz CT molecular complexity index is 771. The summed E-state index contributed by atoms with van der Waals surface area (Å²) in [7, 11) is 0. The molecule has 0 aliphatic carbocycles. The summed E-state index contributed by atoms with van der Waals surface area (Å²) in [6.45, 7) is 3.20. The third kappa shape index (κ3) is 2.50. The maximum absolute atomic E-state index is 12.8. The minimum absolute atomic E-state index is 0.400. The van der Waals surface area contributed by atoms with Crippen LogP contribution in [0.4, 0.5) is 5.69 Å². The molecule has 0 spiro atoms. The number of carbonyl (C=O) groups excluding carboxylic acids is 2. The van der Waals surface area contributed by atoms with Gasteiger partial charge in [0.15, 0.2) is 5.41 Å². The molecule has 2 aromatic carbocycles. The molecule has 1 aliphatic heterocycles. The van der Waals surface area contributed by atoms with Gasteiger partial charge in [-0.15, -0.1) is 0 Å². The number of anilines is 1. The van der Waals surface area contributed by atoms with Crippen molar-refractivity contribution in [1.29, 1.82) is 0 Å².